The summed E-state index contributed by atoms with van der Waals surface area (Å²) in [5.74, 6) is -0.519. The molecular formula is C14H19N3O4. The van der Waals surface area contributed by atoms with E-state index in [1.54, 1.807) is 18.3 Å². The van der Waals surface area contributed by atoms with Crippen LogP contribution in [0.4, 0.5) is 4.79 Å². The largest absolute Gasteiger partial charge is 0.481 e. The number of aliphatic carboxylic acids is 1. The Labute approximate surface area is 122 Å². The molecule has 2 N–H and O–H groups in total. The first-order valence-electron chi connectivity index (χ1n) is 6.79. The molecule has 1 aromatic rings. The van der Waals surface area contributed by atoms with Gasteiger partial charge in [-0.05, 0) is 24.0 Å². The van der Waals surface area contributed by atoms with Gasteiger partial charge in [-0.25, -0.2) is 14.6 Å². The molecule has 0 spiro atoms. The van der Waals surface area contributed by atoms with Gasteiger partial charge in [-0.1, -0.05) is 6.92 Å². The van der Waals surface area contributed by atoms with Crippen molar-refractivity contribution < 1.29 is 19.4 Å². The average molecular weight is 293 g/mol. The van der Waals surface area contributed by atoms with E-state index in [1.165, 1.54) is 12.0 Å². The molecule has 2 unspecified atom stereocenters. The molecule has 0 saturated carbocycles. The Morgan fingerprint density at radius 3 is 3.00 bits per heavy atom. The summed E-state index contributed by atoms with van der Waals surface area (Å²) in [5.41, 5.74) is 0.842. The summed E-state index contributed by atoms with van der Waals surface area (Å²) < 4.78 is 5.01. The molecule has 2 atom stereocenters. The van der Waals surface area contributed by atoms with E-state index in [0.29, 0.717) is 25.4 Å². The molecule has 2 amide bonds. The first-order chi connectivity index (χ1) is 10.0. The summed E-state index contributed by atoms with van der Waals surface area (Å²) in [6.45, 7) is 2.61. The van der Waals surface area contributed by atoms with Gasteiger partial charge in [0.25, 0.3) is 0 Å². The number of nitrogens with one attached hydrogen (secondary N) is 1. The Kier molecular flexibility index (Phi) is 4.62. The number of carboxylic acid groups (broad SMARTS) is 1. The average Bonchev–Trinajstić information content (AvgIpc) is 2.87. The summed E-state index contributed by atoms with van der Waals surface area (Å²) in [6, 6.07) is 2.38. The number of nitrogens with zero attached hydrogens (tertiary/aromatic N) is 2. The third-order valence-corrected chi connectivity index (χ3v) is 3.67. The second-order valence-corrected chi connectivity index (χ2v) is 5.11. The minimum atomic E-state index is -0.958. The molecule has 0 radical (unpaired) electrons. The van der Waals surface area contributed by atoms with Crippen molar-refractivity contribution in [3.63, 3.8) is 0 Å². The first-order valence-corrected chi connectivity index (χ1v) is 6.79. The molecule has 7 nitrogen and oxygen atoms in total. The Morgan fingerprint density at radius 2 is 2.33 bits per heavy atom. The van der Waals surface area contributed by atoms with Crippen LogP contribution in [0.25, 0.3) is 0 Å². The fraction of sp³-hybridized carbons (Fsp3) is 0.500. The van der Waals surface area contributed by atoms with Crippen LogP contribution in [0.3, 0.4) is 0 Å². The number of likely N-dealkylation sites (tertiary alicyclic amines) is 1. The lowest BCUT2D eigenvalue weighted by atomic mass is 10.0. The van der Waals surface area contributed by atoms with E-state index in [2.05, 4.69) is 10.3 Å². The van der Waals surface area contributed by atoms with Crippen LogP contribution in [0.5, 0.6) is 5.88 Å². The molecule has 1 saturated heterocycles. The molecular weight excluding hydrogens is 274 g/mol. The fourth-order valence-electron chi connectivity index (χ4n) is 2.50. The Morgan fingerprint density at radius 1 is 1.57 bits per heavy atom. The van der Waals surface area contributed by atoms with E-state index >= 15 is 0 Å². The van der Waals surface area contributed by atoms with Crippen LogP contribution in [0.1, 0.15) is 18.9 Å². The predicted molar refractivity (Wildman–Crippen MR) is 74.9 cm³/mol. The third-order valence-electron chi connectivity index (χ3n) is 3.67. The Balaban J connectivity index is 1.96. The Bertz CT molecular complexity index is 535. The molecule has 2 rings (SSSR count). The zero-order valence-corrected chi connectivity index (χ0v) is 12.1. The van der Waals surface area contributed by atoms with E-state index in [9.17, 15) is 14.7 Å². The van der Waals surface area contributed by atoms with Crippen molar-refractivity contribution in [2.45, 2.75) is 25.9 Å². The SMILES string of the molecule is COc1cc(CNC(=O)N2CCC(C)C2C(=O)O)ccn1. The van der Waals surface area contributed by atoms with Gasteiger partial charge in [0.15, 0.2) is 0 Å². The predicted octanol–water partition coefficient (Wildman–Crippen LogP) is 1.09. The lowest BCUT2D eigenvalue weighted by Gasteiger charge is -2.23. The summed E-state index contributed by atoms with van der Waals surface area (Å²) >= 11 is 0. The second kappa shape index (κ2) is 6.43. The summed E-state index contributed by atoms with van der Waals surface area (Å²) in [4.78, 5) is 28.7. The minimum Gasteiger partial charge on any atom is -0.481 e. The molecule has 0 bridgehead atoms. The summed E-state index contributed by atoms with van der Waals surface area (Å²) in [5, 5.41) is 11.9. The van der Waals surface area contributed by atoms with Crippen molar-refractivity contribution in [1.29, 1.82) is 0 Å². The maximum Gasteiger partial charge on any atom is 0.326 e. The van der Waals surface area contributed by atoms with Crippen LogP contribution >= 0.6 is 0 Å². The van der Waals surface area contributed by atoms with Gasteiger partial charge in [0.2, 0.25) is 5.88 Å². The van der Waals surface area contributed by atoms with Crippen LogP contribution in [-0.4, -0.2) is 46.7 Å². The molecule has 1 aromatic heterocycles. The van der Waals surface area contributed by atoms with Crippen molar-refractivity contribution in [2.24, 2.45) is 5.92 Å². The van der Waals surface area contributed by atoms with Crippen molar-refractivity contribution in [3.8, 4) is 5.88 Å². The van der Waals surface area contributed by atoms with Crippen molar-refractivity contribution in [2.75, 3.05) is 13.7 Å². The number of carbonyl (C=O) groups is 2. The molecule has 1 fully saturated rings. The van der Waals surface area contributed by atoms with Gasteiger partial charge in [-0.2, -0.15) is 0 Å². The molecule has 2 heterocycles. The highest BCUT2D eigenvalue weighted by Gasteiger charge is 2.39. The topological polar surface area (TPSA) is 91.8 Å². The van der Waals surface area contributed by atoms with Gasteiger partial charge in [-0.15, -0.1) is 0 Å². The quantitative estimate of drug-likeness (QED) is 0.867. The van der Waals surface area contributed by atoms with Crippen molar-refractivity contribution in [1.82, 2.24) is 15.2 Å². The van der Waals surface area contributed by atoms with E-state index in [-0.39, 0.29) is 11.9 Å². The van der Waals surface area contributed by atoms with Gasteiger partial charge < -0.3 is 20.1 Å². The summed E-state index contributed by atoms with van der Waals surface area (Å²) in [6.07, 6.45) is 2.30. The number of amides is 2. The smallest absolute Gasteiger partial charge is 0.326 e. The normalized spacial score (nSPS) is 21.1. The number of hydrogen-bond acceptors (Lipinski definition) is 4. The first kappa shape index (κ1) is 15.1. The monoisotopic (exact) mass is 293 g/mol. The van der Waals surface area contributed by atoms with Crippen LogP contribution in [0, 0.1) is 5.92 Å². The highest BCUT2D eigenvalue weighted by molar-refractivity contribution is 5.83. The standard InChI is InChI=1S/C14H19N3O4/c1-9-4-6-17(12(9)13(18)19)14(20)16-8-10-3-5-15-11(7-10)21-2/h3,5,7,9,12H,4,6,8H2,1-2H3,(H,16,20)(H,18,19). The van der Waals surface area contributed by atoms with Crippen LogP contribution in [0.2, 0.25) is 0 Å². The number of methoxy groups -OCH3 is 1. The highest BCUT2D eigenvalue weighted by Crippen LogP contribution is 2.24. The number of hydrogen-bond donors (Lipinski definition) is 2. The number of aromatic nitrogens is 1. The number of urea groups is 1. The maximum atomic E-state index is 12.1. The van der Waals surface area contributed by atoms with Crippen molar-refractivity contribution in [3.05, 3.63) is 23.9 Å². The molecule has 1 aliphatic heterocycles. The molecule has 0 aromatic carbocycles. The van der Waals surface area contributed by atoms with E-state index in [4.69, 9.17) is 4.74 Å². The van der Waals surface area contributed by atoms with E-state index in [0.717, 1.165) is 5.56 Å². The van der Waals surface area contributed by atoms with Gasteiger partial charge in [-0.3, -0.25) is 0 Å². The lowest BCUT2D eigenvalue weighted by Crippen LogP contribution is -2.47. The zero-order valence-electron chi connectivity index (χ0n) is 12.1. The maximum absolute atomic E-state index is 12.1. The van der Waals surface area contributed by atoms with Gasteiger partial charge in [0.05, 0.1) is 7.11 Å². The number of carbonyl (C=O) groups excluding carboxylic acids is 1. The summed E-state index contributed by atoms with van der Waals surface area (Å²) in [7, 11) is 1.52. The molecule has 21 heavy (non-hydrogen) atoms. The van der Waals surface area contributed by atoms with Crippen molar-refractivity contribution >= 4 is 12.0 Å². The zero-order chi connectivity index (χ0) is 15.4. The fourth-order valence-corrected chi connectivity index (χ4v) is 2.50. The lowest BCUT2D eigenvalue weighted by molar-refractivity contribution is -0.142. The van der Waals surface area contributed by atoms with Crippen LogP contribution < -0.4 is 10.1 Å². The molecule has 114 valence electrons. The number of rotatable bonds is 4. The van der Waals surface area contributed by atoms with Gasteiger partial charge in [0.1, 0.15) is 6.04 Å². The number of ether oxygens (including phenoxy) is 1. The van der Waals surface area contributed by atoms with Gasteiger partial charge >= 0.3 is 12.0 Å². The molecule has 1 aliphatic rings. The number of pyridine rings is 1. The molecule has 7 heteroatoms. The minimum absolute atomic E-state index is 0.0331. The van der Waals surface area contributed by atoms with Crippen LogP contribution in [-0.2, 0) is 11.3 Å². The van der Waals surface area contributed by atoms with Gasteiger partial charge in [0, 0.05) is 25.4 Å². The van der Waals surface area contributed by atoms with E-state index < -0.39 is 12.0 Å². The van der Waals surface area contributed by atoms with Crippen LogP contribution in [0.15, 0.2) is 18.3 Å². The molecule has 0 aliphatic carbocycles. The van der Waals surface area contributed by atoms with E-state index in [1.807, 2.05) is 6.92 Å². The number of carboxylic acids is 1. The Hall–Kier alpha value is -2.31. The third kappa shape index (κ3) is 3.42. The highest BCUT2D eigenvalue weighted by atomic mass is 16.5. The second-order valence-electron chi connectivity index (χ2n) is 5.11.